The molecule has 3 aromatic rings. The Hall–Kier alpha value is -2.17. The van der Waals surface area contributed by atoms with Gasteiger partial charge in [-0.2, -0.15) is 4.98 Å². The van der Waals surface area contributed by atoms with Crippen molar-refractivity contribution in [3.63, 3.8) is 0 Å². The van der Waals surface area contributed by atoms with E-state index in [0.29, 0.717) is 12.3 Å². The Bertz CT molecular complexity index is 739. The van der Waals surface area contributed by atoms with Crippen LogP contribution in [0.4, 0.5) is 0 Å². The normalized spacial score (nSPS) is 16.9. The van der Waals surface area contributed by atoms with Crippen molar-refractivity contribution in [2.75, 3.05) is 0 Å². The van der Waals surface area contributed by atoms with Gasteiger partial charge in [0.05, 0.1) is 18.1 Å². The molecular weight excluding hydrogens is 240 g/mol. The Labute approximate surface area is 110 Å². The molecule has 0 atom stereocenters. The number of nitrogens with one attached hydrogen (secondary N) is 1. The molecule has 1 fully saturated rings. The summed E-state index contributed by atoms with van der Waals surface area (Å²) in [6.07, 6.45) is 8.57. The van der Waals surface area contributed by atoms with Crippen LogP contribution in [0.2, 0.25) is 0 Å². The van der Waals surface area contributed by atoms with E-state index in [0.717, 1.165) is 35.1 Å². The Balaban J connectivity index is 1.66. The molecule has 0 radical (unpaired) electrons. The topological polar surface area (TPSA) is 67.6 Å². The Morgan fingerprint density at radius 2 is 2.32 bits per heavy atom. The van der Waals surface area contributed by atoms with Gasteiger partial charge in [-0.15, -0.1) is 0 Å². The molecule has 0 aromatic carbocycles. The van der Waals surface area contributed by atoms with Gasteiger partial charge in [-0.1, -0.05) is 12.1 Å². The summed E-state index contributed by atoms with van der Waals surface area (Å²) < 4.78 is 5.36. The highest BCUT2D eigenvalue weighted by Gasteiger charge is 2.43. The van der Waals surface area contributed by atoms with Gasteiger partial charge in [0.25, 0.3) is 0 Å². The molecular formula is C14H14N4O. The number of nitrogens with zero attached hydrogens (tertiary/aromatic N) is 3. The molecule has 19 heavy (non-hydrogen) atoms. The minimum absolute atomic E-state index is 0.159. The minimum Gasteiger partial charge on any atom is -0.360 e. The molecule has 1 aliphatic carbocycles. The Kier molecular flexibility index (Phi) is 2.07. The van der Waals surface area contributed by atoms with Crippen LogP contribution in [0.25, 0.3) is 10.9 Å². The third kappa shape index (κ3) is 1.73. The average Bonchev–Trinajstić information content (AvgIpc) is 2.89. The molecule has 1 N–H and O–H groups in total. The maximum absolute atomic E-state index is 5.36. The molecule has 0 bridgehead atoms. The van der Waals surface area contributed by atoms with E-state index < -0.39 is 0 Å². The molecule has 3 aromatic heterocycles. The number of aromatic amines is 1. The zero-order chi connectivity index (χ0) is 12.9. The first-order valence-corrected chi connectivity index (χ1v) is 6.48. The summed E-state index contributed by atoms with van der Waals surface area (Å²) in [6.45, 7) is 2.18. The van der Waals surface area contributed by atoms with Crippen LogP contribution in [0.1, 0.15) is 37.0 Å². The Morgan fingerprint density at radius 3 is 3.16 bits per heavy atom. The molecule has 4 rings (SSSR count). The standard InChI is InChI=1S/C14H14N4O/c1-14(3-4-14)13-17-12(19-18-13)6-9-7-16-11-8-15-5-2-10(9)11/h2,5,7-8,16H,3-4,6H2,1H3. The monoisotopic (exact) mass is 254 g/mol. The average molecular weight is 254 g/mol. The highest BCUT2D eigenvalue weighted by molar-refractivity contribution is 5.82. The van der Waals surface area contributed by atoms with Gasteiger partial charge in [0.15, 0.2) is 5.82 Å². The van der Waals surface area contributed by atoms with Gasteiger partial charge >= 0.3 is 0 Å². The van der Waals surface area contributed by atoms with Crippen LogP contribution in [0.3, 0.4) is 0 Å². The number of H-pyrrole nitrogens is 1. The molecule has 0 saturated heterocycles. The first-order valence-electron chi connectivity index (χ1n) is 6.48. The zero-order valence-corrected chi connectivity index (χ0v) is 10.7. The van der Waals surface area contributed by atoms with E-state index in [9.17, 15) is 0 Å². The fourth-order valence-corrected chi connectivity index (χ4v) is 2.32. The summed E-state index contributed by atoms with van der Waals surface area (Å²) in [5.41, 5.74) is 2.35. The largest absolute Gasteiger partial charge is 0.360 e. The van der Waals surface area contributed by atoms with Gasteiger partial charge in [0.2, 0.25) is 5.89 Å². The maximum atomic E-state index is 5.36. The van der Waals surface area contributed by atoms with E-state index >= 15 is 0 Å². The van der Waals surface area contributed by atoms with Crippen molar-refractivity contribution in [1.29, 1.82) is 0 Å². The highest BCUT2D eigenvalue weighted by atomic mass is 16.5. The second-order valence-corrected chi connectivity index (χ2v) is 5.48. The summed E-state index contributed by atoms with van der Waals surface area (Å²) in [7, 11) is 0. The molecule has 1 saturated carbocycles. The lowest BCUT2D eigenvalue weighted by Gasteiger charge is -1.97. The van der Waals surface area contributed by atoms with Gasteiger partial charge in [-0.05, 0) is 24.5 Å². The number of aromatic nitrogens is 4. The number of fused-ring (bicyclic) bond motifs is 1. The smallest absolute Gasteiger partial charge is 0.231 e. The lowest BCUT2D eigenvalue weighted by molar-refractivity contribution is 0.375. The van der Waals surface area contributed by atoms with Crippen LogP contribution in [-0.2, 0) is 11.8 Å². The number of hydrogen-bond donors (Lipinski definition) is 1. The number of rotatable bonds is 3. The van der Waals surface area contributed by atoms with Crippen molar-refractivity contribution in [3.8, 4) is 0 Å². The SMILES string of the molecule is CC1(c2noc(Cc3c[nH]c4cnccc34)n2)CC1. The second-order valence-electron chi connectivity index (χ2n) is 5.48. The molecule has 0 aliphatic heterocycles. The van der Waals surface area contributed by atoms with Gasteiger partial charge in [0, 0.05) is 23.2 Å². The maximum Gasteiger partial charge on any atom is 0.231 e. The van der Waals surface area contributed by atoms with Crippen molar-refractivity contribution in [1.82, 2.24) is 20.1 Å². The van der Waals surface area contributed by atoms with E-state index in [-0.39, 0.29) is 5.41 Å². The van der Waals surface area contributed by atoms with Crippen molar-refractivity contribution >= 4 is 10.9 Å². The first-order chi connectivity index (χ1) is 9.24. The molecule has 1 aliphatic rings. The molecule has 0 spiro atoms. The fraction of sp³-hybridized carbons (Fsp3) is 0.357. The van der Waals surface area contributed by atoms with Crippen LogP contribution in [0.15, 0.2) is 29.2 Å². The first kappa shape index (κ1) is 10.7. The number of hydrogen-bond acceptors (Lipinski definition) is 4. The van der Waals surface area contributed by atoms with Crippen molar-refractivity contribution in [3.05, 3.63) is 41.9 Å². The van der Waals surface area contributed by atoms with E-state index in [1.165, 1.54) is 0 Å². The molecule has 3 heterocycles. The summed E-state index contributed by atoms with van der Waals surface area (Å²) in [4.78, 5) is 11.8. The quantitative estimate of drug-likeness (QED) is 0.780. The van der Waals surface area contributed by atoms with Crippen molar-refractivity contribution in [2.24, 2.45) is 0 Å². The third-order valence-electron chi connectivity index (χ3n) is 3.92. The third-order valence-corrected chi connectivity index (χ3v) is 3.92. The second kappa shape index (κ2) is 3.66. The predicted octanol–water partition coefficient (Wildman–Crippen LogP) is 2.59. The van der Waals surface area contributed by atoms with E-state index in [2.05, 4.69) is 27.0 Å². The van der Waals surface area contributed by atoms with Gasteiger partial charge in [-0.3, -0.25) is 4.98 Å². The van der Waals surface area contributed by atoms with Crippen LogP contribution in [0, 0.1) is 0 Å². The Morgan fingerprint density at radius 1 is 1.42 bits per heavy atom. The van der Waals surface area contributed by atoms with Gasteiger partial charge in [-0.25, -0.2) is 0 Å². The molecule has 5 nitrogen and oxygen atoms in total. The summed E-state index contributed by atoms with van der Waals surface area (Å²) in [5, 5.41) is 5.26. The zero-order valence-electron chi connectivity index (χ0n) is 10.7. The van der Waals surface area contributed by atoms with Crippen LogP contribution < -0.4 is 0 Å². The summed E-state index contributed by atoms with van der Waals surface area (Å²) in [5.74, 6) is 1.53. The molecule has 0 unspecified atom stereocenters. The molecule has 0 amide bonds. The van der Waals surface area contributed by atoms with Crippen LogP contribution >= 0.6 is 0 Å². The van der Waals surface area contributed by atoms with E-state index in [4.69, 9.17) is 4.52 Å². The van der Waals surface area contributed by atoms with Crippen molar-refractivity contribution < 1.29 is 4.52 Å². The fourth-order valence-electron chi connectivity index (χ4n) is 2.32. The molecule has 5 heteroatoms. The lowest BCUT2D eigenvalue weighted by Crippen LogP contribution is -2.02. The summed E-state index contributed by atoms with van der Waals surface area (Å²) in [6, 6.07) is 2.00. The highest BCUT2D eigenvalue weighted by Crippen LogP contribution is 2.46. The van der Waals surface area contributed by atoms with E-state index in [1.807, 2.05) is 18.5 Å². The van der Waals surface area contributed by atoms with Crippen LogP contribution in [-0.4, -0.2) is 20.1 Å². The number of pyridine rings is 1. The van der Waals surface area contributed by atoms with Crippen molar-refractivity contribution in [2.45, 2.75) is 31.6 Å². The summed E-state index contributed by atoms with van der Waals surface area (Å²) >= 11 is 0. The van der Waals surface area contributed by atoms with Gasteiger partial charge in [0.1, 0.15) is 0 Å². The molecule has 96 valence electrons. The van der Waals surface area contributed by atoms with Gasteiger partial charge < -0.3 is 9.51 Å². The lowest BCUT2D eigenvalue weighted by atomic mass is 10.1. The minimum atomic E-state index is 0.159. The van der Waals surface area contributed by atoms with Crippen LogP contribution in [0.5, 0.6) is 0 Å². The predicted molar refractivity (Wildman–Crippen MR) is 69.8 cm³/mol. The van der Waals surface area contributed by atoms with E-state index in [1.54, 1.807) is 6.20 Å².